The number of nitrogens with one attached hydrogen (secondary N) is 1. The summed E-state index contributed by atoms with van der Waals surface area (Å²) in [6.07, 6.45) is 0.432. The lowest BCUT2D eigenvalue weighted by molar-refractivity contribution is -0.384. The van der Waals surface area contributed by atoms with Crippen LogP contribution in [0, 0.1) is 10.1 Å². The molecule has 92 valence electrons. The third kappa shape index (κ3) is 3.53. The zero-order valence-electron chi connectivity index (χ0n) is 9.67. The Morgan fingerprint density at radius 2 is 2.06 bits per heavy atom. The number of benzene rings is 1. The van der Waals surface area contributed by atoms with Gasteiger partial charge in [-0.3, -0.25) is 14.9 Å². The van der Waals surface area contributed by atoms with Crippen molar-refractivity contribution in [3.8, 4) is 0 Å². The Morgan fingerprint density at radius 1 is 1.47 bits per heavy atom. The summed E-state index contributed by atoms with van der Waals surface area (Å²) in [4.78, 5) is 21.3. The Hall–Kier alpha value is -1.95. The molecule has 1 atom stereocenters. The van der Waals surface area contributed by atoms with E-state index in [0.717, 1.165) is 5.56 Å². The molecule has 0 radical (unpaired) electrons. The number of hydrogen-bond acceptors (Lipinski definition) is 5. The molecule has 6 nitrogen and oxygen atoms in total. The topological polar surface area (TPSA) is 81.5 Å². The van der Waals surface area contributed by atoms with E-state index in [4.69, 9.17) is 0 Å². The number of ether oxygens (including phenoxy) is 1. The first kappa shape index (κ1) is 13.1. The van der Waals surface area contributed by atoms with Gasteiger partial charge in [0.1, 0.15) is 6.04 Å². The van der Waals surface area contributed by atoms with Gasteiger partial charge in [-0.05, 0) is 19.0 Å². The fourth-order valence-electron chi connectivity index (χ4n) is 1.43. The van der Waals surface area contributed by atoms with Gasteiger partial charge in [0.05, 0.1) is 12.0 Å². The van der Waals surface area contributed by atoms with Crippen LogP contribution in [0.3, 0.4) is 0 Å². The van der Waals surface area contributed by atoms with E-state index in [1.165, 1.54) is 19.2 Å². The average molecular weight is 238 g/mol. The van der Waals surface area contributed by atoms with E-state index >= 15 is 0 Å². The van der Waals surface area contributed by atoms with Crippen molar-refractivity contribution in [1.29, 1.82) is 0 Å². The lowest BCUT2D eigenvalue weighted by Gasteiger charge is -2.13. The second-order valence-corrected chi connectivity index (χ2v) is 3.49. The summed E-state index contributed by atoms with van der Waals surface area (Å²) in [7, 11) is 2.98. The molecule has 0 aliphatic carbocycles. The van der Waals surface area contributed by atoms with E-state index in [1.54, 1.807) is 19.2 Å². The van der Waals surface area contributed by atoms with E-state index < -0.39 is 11.0 Å². The Bertz CT molecular complexity index is 402. The van der Waals surface area contributed by atoms with Crippen molar-refractivity contribution >= 4 is 11.7 Å². The van der Waals surface area contributed by atoms with Crippen LogP contribution >= 0.6 is 0 Å². The minimum absolute atomic E-state index is 0.0350. The number of hydrogen-bond donors (Lipinski definition) is 1. The molecule has 0 aromatic heterocycles. The Kier molecular flexibility index (Phi) is 4.59. The summed E-state index contributed by atoms with van der Waals surface area (Å²) < 4.78 is 4.63. The Balaban J connectivity index is 2.74. The van der Waals surface area contributed by atoms with Gasteiger partial charge in [-0.25, -0.2) is 0 Å². The number of rotatable bonds is 5. The number of non-ortho nitro benzene ring substituents is 1. The summed E-state index contributed by atoms with van der Waals surface area (Å²) in [5.41, 5.74) is 0.869. The number of esters is 1. The van der Waals surface area contributed by atoms with Crippen molar-refractivity contribution in [2.24, 2.45) is 0 Å². The summed E-state index contributed by atoms with van der Waals surface area (Å²) in [6.45, 7) is 0. The molecule has 0 amide bonds. The molecule has 1 N–H and O–H groups in total. The predicted octanol–water partition coefficient (Wildman–Crippen LogP) is 0.898. The van der Waals surface area contributed by atoms with Gasteiger partial charge in [-0.1, -0.05) is 12.1 Å². The van der Waals surface area contributed by atoms with Crippen molar-refractivity contribution in [3.05, 3.63) is 39.9 Å². The number of carbonyl (C=O) groups is 1. The van der Waals surface area contributed by atoms with Crippen LogP contribution in [-0.4, -0.2) is 31.1 Å². The molecule has 0 aliphatic heterocycles. The summed E-state index contributed by atoms with van der Waals surface area (Å²) >= 11 is 0. The van der Waals surface area contributed by atoms with Gasteiger partial charge in [0, 0.05) is 12.1 Å². The number of likely N-dealkylation sites (N-methyl/N-ethyl adjacent to an activating group) is 1. The molecule has 0 aliphatic rings. The van der Waals surface area contributed by atoms with Gasteiger partial charge in [-0.2, -0.15) is 0 Å². The second kappa shape index (κ2) is 5.95. The number of methoxy groups -OCH3 is 1. The van der Waals surface area contributed by atoms with Crippen molar-refractivity contribution < 1.29 is 14.5 Å². The van der Waals surface area contributed by atoms with Crippen molar-refractivity contribution in [2.75, 3.05) is 14.2 Å². The van der Waals surface area contributed by atoms with Gasteiger partial charge in [0.2, 0.25) is 0 Å². The number of carbonyl (C=O) groups excluding carboxylic acids is 1. The highest BCUT2D eigenvalue weighted by Crippen LogP contribution is 2.13. The summed E-state index contributed by atoms with van der Waals surface area (Å²) in [5, 5.41) is 13.3. The Labute approximate surface area is 98.7 Å². The SMILES string of the molecule is CN[C@@H](Cc1ccc([N+](=O)[O-])cc1)C(=O)OC. The molecule has 0 bridgehead atoms. The highest BCUT2D eigenvalue weighted by atomic mass is 16.6. The molecule has 0 spiro atoms. The highest BCUT2D eigenvalue weighted by molar-refractivity contribution is 5.76. The van der Waals surface area contributed by atoms with Crippen molar-refractivity contribution in [3.63, 3.8) is 0 Å². The molecule has 1 rings (SSSR count). The molecule has 0 unspecified atom stereocenters. The van der Waals surface area contributed by atoms with Crippen LogP contribution in [0.15, 0.2) is 24.3 Å². The van der Waals surface area contributed by atoms with Gasteiger partial charge in [-0.15, -0.1) is 0 Å². The van der Waals surface area contributed by atoms with Gasteiger partial charge < -0.3 is 10.1 Å². The molecule has 1 aromatic carbocycles. The van der Waals surface area contributed by atoms with Crippen molar-refractivity contribution in [2.45, 2.75) is 12.5 Å². The third-order valence-corrected chi connectivity index (χ3v) is 2.42. The zero-order chi connectivity index (χ0) is 12.8. The molecule has 0 saturated heterocycles. The molecule has 0 heterocycles. The highest BCUT2D eigenvalue weighted by Gasteiger charge is 2.17. The number of nitrogens with zero attached hydrogens (tertiary/aromatic N) is 1. The predicted molar refractivity (Wildman–Crippen MR) is 61.7 cm³/mol. The first-order valence-corrected chi connectivity index (χ1v) is 5.07. The van der Waals surface area contributed by atoms with E-state index in [0.29, 0.717) is 6.42 Å². The first-order valence-electron chi connectivity index (χ1n) is 5.07. The molecule has 1 aromatic rings. The molecule has 0 saturated carbocycles. The van der Waals surface area contributed by atoms with Gasteiger partial charge in [0.25, 0.3) is 5.69 Å². The monoisotopic (exact) mass is 238 g/mol. The van der Waals surface area contributed by atoms with Gasteiger partial charge in [0.15, 0.2) is 0 Å². The average Bonchev–Trinajstić information content (AvgIpc) is 2.35. The quantitative estimate of drug-likeness (QED) is 0.468. The standard InChI is InChI=1S/C11H14N2O4/c1-12-10(11(14)17-2)7-8-3-5-9(6-4-8)13(15)16/h3-6,10,12H,7H2,1-2H3/t10-/m0/s1. The number of nitro groups is 1. The zero-order valence-corrected chi connectivity index (χ0v) is 9.67. The van der Waals surface area contributed by atoms with Crippen LogP contribution in [0.25, 0.3) is 0 Å². The maximum absolute atomic E-state index is 11.3. The largest absolute Gasteiger partial charge is 0.468 e. The van der Waals surface area contributed by atoms with Gasteiger partial charge >= 0.3 is 5.97 Å². The first-order chi connectivity index (χ1) is 8.08. The minimum Gasteiger partial charge on any atom is -0.468 e. The molecular formula is C11H14N2O4. The third-order valence-electron chi connectivity index (χ3n) is 2.42. The maximum atomic E-state index is 11.3. The smallest absolute Gasteiger partial charge is 0.323 e. The summed E-state index contributed by atoms with van der Waals surface area (Å²) in [5.74, 6) is -0.356. The van der Waals surface area contributed by atoms with E-state index in [-0.39, 0.29) is 11.7 Å². The Morgan fingerprint density at radius 3 is 2.47 bits per heavy atom. The number of nitro benzene ring substituents is 1. The minimum atomic E-state index is -0.459. The van der Waals surface area contributed by atoms with Crippen LogP contribution in [-0.2, 0) is 16.0 Å². The maximum Gasteiger partial charge on any atom is 0.323 e. The molecule has 0 fully saturated rings. The van der Waals surface area contributed by atoms with E-state index in [2.05, 4.69) is 10.1 Å². The fraction of sp³-hybridized carbons (Fsp3) is 0.364. The van der Waals surface area contributed by atoms with Crippen LogP contribution in [0.1, 0.15) is 5.56 Å². The lowest BCUT2D eigenvalue weighted by atomic mass is 10.1. The molecular weight excluding hydrogens is 224 g/mol. The summed E-state index contributed by atoms with van der Waals surface area (Å²) in [6, 6.07) is 5.65. The van der Waals surface area contributed by atoms with Crippen LogP contribution in [0.5, 0.6) is 0 Å². The van der Waals surface area contributed by atoms with Crippen molar-refractivity contribution in [1.82, 2.24) is 5.32 Å². The van der Waals surface area contributed by atoms with Crippen LogP contribution < -0.4 is 5.32 Å². The van der Waals surface area contributed by atoms with Crippen LogP contribution in [0.4, 0.5) is 5.69 Å². The van der Waals surface area contributed by atoms with E-state index in [1.807, 2.05) is 0 Å². The molecule has 6 heteroatoms. The van der Waals surface area contributed by atoms with E-state index in [9.17, 15) is 14.9 Å². The van der Waals surface area contributed by atoms with Crippen LogP contribution in [0.2, 0.25) is 0 Å². The lowest BCUT2D eigenvalue weighted by Crippen LogP contribution is -2.36. The fourth-order valence-corrected chi connectivity index (χ4v) is 1.43. The second-order valence-electron chi connectivity index (χ2n) is 3.49. The normalized spacial score (nSPS) is 11.9. The molecule has 17 heavy (non-hydrogen) atoms.